The standard InChI is InChI=1S/C13H16N2O5S/c1-10(16)11-6-8-14(9-7-11)21(19,20)13-5-3-2-4-12(13)15(17)18/h2-5,11H,6-9H2,1H3. The number of rotatable bonds is 4. The van der Waals surface area contributed by atoms with Gasteiger partial charge in [-0.05, 0) is 25.8 Å². The molecule has 1 aliphatic rings. The summed E-state index contributed by atoms with van der Waals surface area (Å²) in [5.41, 5.74) is -0.425. The maximum Gasteiger partial charge on any atom is 0.289 e. The Labute approximate surface area is 122 Å². The molecule has 114 valence electrons. The molecule has 0 spiro atoms. The normalized spacial score (nSPS) is 17.6. The van der Waals surface area contributed by atoms with Gasteiger partial charge in [-0.3, -0.25) is 14.9 Å². The van der Waals surface area contributed by atoms with Crippen LogP contribution in [0.1, 0.15) is 19.8 Å². The van der Waals surface area contributed by atoms with Crippen LogP contribution in [0.3, 0.4) is 0 Å². The van der Waals surface area contributed by atoms with E-state index in [4.69, 9.17) is 0 Å². The molecule has 0 unspecified atom stereocenters. The van der Waals surface area contributed by atoms with E-state index in [0.29, 0.717) is 12.8 Å². The van der Waals surface area contributed by atoms with Crippen molar-refractivity contribution in [3.05, 3.63) is 34.4 Å². The van der Waals surface area contributed by atoms with Gasteiger partial charge in [-0.2, -0.15) is 4.31 Å². The number of para-hydroxylation sites is 1. The Morgan fingerprint density at radius 3 is 2.38 bits per heavy atom. The van der Waals surface area contributed by atoms with E-state index in [9.17, 15) is 23.3 Å². The van der Waals surface area contributed by atoms with Gasteiger partial charge >= 0.3 is 0 Å². The summed E-state index contributed by atoms with van der Waals surface area (Å²) in [6.07, 6.45) is 0.907. The number of ketones is 1. The Hall–Kier alpha value is -1.80. The van der Waals surface area contributed by atoms with Gasteiger partial charge in [0, 0.05) is 25.1 Å². The number of benzene rings is 1. The van der Waals surface area contributed by atoms with Crippen molar-refractivity contribution in [3.63, 3.8) is 0 Å². The first-order valence-corrected chi connectivity index (χ1v) is 8.02. The maximum atomic E-state index is 12.5. The van der Waals surface area contributed by atoms with Crippen molar-refractivity contribution in [2.75, 3.05) is 13.1 Å². The van der Waals surface area contributed by atoms with E-state index in [-0.39, 0.29) is 29.7 Å². The van der Waals surface area contributed by atoms with Crippen LogP contribution in [0.15, 0.2) is 29.2 Å². The number of hydrogen-bond donors (Lipinski definition) is 0. The number of carbonyl (C=O) groups is 1. The monoisotopic (exact) mass is 312 g/mol. The fourth-order valence-electron chi connectivity index (χ4n) is 2.47. The quantitative estimate of drug-likeness (QED) is 0.621. The summed E-state index contributed by atoms with van der Waals surface area (Å²) in [5, 5.41) is 11.0. The Balaban J connectivity index is 2.28. The van der Waals surface area contributed by atoms with Crippen LogP contribution in [0.5, 0.6) is 0 Å². The number of piperidine rings is 1. The molecule has 0 bridgehead atoms. The first kappa shape index (κ1) is 15.6. The van der Waals surface area contributed by atoms with Gasteiger partial charge in [0.25, 0.3) is 5.69 Å². The predicted octanol–water partition coefficient (Wildman–Crippen LogP) is 1.58. The van der Waals surface area contributed by atoms with Crippen LogP contribution < -0.4 is 0 Å². The lowest BCUT2D eigenvalue weighted by molar-refractivity contribution is -0.387. The van der Waals surface area contributed by atoms with Gasteiger partial charge in [0.05, 0.1) is 4.92 Å². The van der Waals surface area contributed by atoms with Gasteiger partial charge in [-0.15, -0.1) is 0 Å². The third-order valence-corrected chi connectivity index (χ3v) is 5.65. The molecule has 1 aromatic carbocycles. The van der Waals surface area contributed by atoms with E-state index < -0.39 is 20.6 Å². The van der Waals surface area contributed by atoms with Gasteiger partial charge in [0.2, 0.25) is 10.0 Å². The van der Waals surface area contributed by atoms with Crippen LogP contribution >= 0.6 is 0 Å². The highest BCUT2D eigenvalue weighted by molar-refractivity contribution is 7.89. The highest BCUT2D eigenvalue weighted by Crippen LogP contribution is 2.29. The second kappa shape index (κ2) is 5.90. The fraction of sp³-hybridized carbons (Fsp3) is 0.462. The van der Waals surface area contributed by atoms with Crippen LogP contribution in [-0.2, 0) is 14.8 Å². The Bertz CT molecular complexity index is 663. The Morgan fingerprint density at radius 1 is 1.29 bits per heavy atom. The van der Waals surface area contributed by atoms with Crippen molar-refractivity contribution >= 4 is 21.5 Å². The van der Waals surface area contributed by atoms with Crippen molar-refractivity contribution in [2.24, 2.45) is 5.92 Å². The molecule has 0 amide bonds. The molecule has 1 heterocycles. The van der Waals surface area contributed by atoms with Gasteiger partial charge in [-0.1, -0.05) is 12.1 Å². The molecule has 0 atom stereocenters. The summed E-state index contributed by atoms with van der Waals surface area (Å²) in [6, 6.07) is 5.31. The topological polar surface area (TPSA) is 97.6 Å². The smallest absolute Gasteiger partial charge is 0.289 e. The first-order chi connectivity index (χ1) is 9.84. The summed E-state index contributed by atoms with van der Waals surface area (Å²) in [7, 11) is -3.91. The average Bonchev–Trinajstić information content (AvgIpc) is 2.47. The fourth-order valence-corrected chi connectivity index (χ4v) is 4.10. The molecule has 1 saturated heterocycles. The van der Waals surface area contributed by atoms with Crippen molar-refractivity contribution in [1.29, 1.82) is 0 Å². The highest BCUT2D eigenvalue weighted by Gasteiger charge is 2.34. The minimum Gasteiger partial charge on any atom is -0.300 e. The van der Waals surface area contributed by atoms with Gasteiger partial charge in [-0.25, -0.2) is 8.42 Å². The van der Waals surface area contributed by atoms with E-state index in [1.807, 2.05) is 0 Å². The lowest BCUT2D eigenvalue weighted by Crippen LogP contribution is -2.40. The second-order valence-electron chi connectivity index (χ2n) is 5.01. The van der Waals surface area contributed by atoms with Crippen LogP contribution in [0.2, 0.25) is 0 Å². The van der Waals surface area contributed by atoms with E-state index >= 15 is 0 Å². The molecule has 1 aliphatic heterocycles. The zero-order valence-electron chi connectivity index (χ0n) is 11.6. The second-order valence-corrected chi connectivity index (χ2v) is 6.92. The number of nitro benzene ring substituents is 1. The minimum atomic E-state index is -3.91. The number of hydrogen-bond acceptors (Lipinski definition) is 5. The van der Waals surface area contributed by atoms with Crippen LogP contribution in [0.25, 0.3) is 0 Å². The van der Waals surface area contributed by atoms with E-state index in [1.54, 1.807) is 0 Å². The molecule has 0 saturated carbocycles. The van der Waals surface area contributed by atoms with E-state index in [2.05, 4.69) is 0 Å². The molecule has 8 heteroatoms. The first-order valence-electron chi connectivity index (χ1n) is 6.58. The molecule has 1 fully saturated rings. The number of Topliss-reactive ketones (excluding diaryl/α,β-unsaturated/α-hetero) is 1. The molecule has 0 radical (unpaired) electrons. The summed E-state index contributed by atoms with van der Waals surface area (Å²) >= 11 is 0. The molecule has 0 N–H and O–H groups in total. The summed E-state index contributed by atoms with van der Waals surface area (Å²) in [4.78, 5) is 21.3. The summed E-state index contributed by atoms with van der Waals surface area (Å²) < 4.78 is 26.3. The maximum absolute atomic E-state index is 12.5. The number of carbonyl (C=O) groups excluding carboxylic acids is 1. The molecule has 7 nitrogen and oxygen atoms in total. The summed E-state index contributed by atoms with van der Waals surface area (Å²) in [6.45, 7) is 1.91. The Kier molecular flexibility index (Phi) is 4.38. The SMILES string of the molecule is CC(=O)C1CCN(S(=O)(=O)c2ccccc2[N+](=O)[O-])CC1. The number of nitro groups is 1. The zero-order chi connectivity index (χ0) is 15.6. The lowest BCUT2D eigenvalue weighted by atomic mass is 9.95. The highest BCUT2D eigenvalue weighted by atomic mass is 32.2. The molecule has 0 aliphatic carbocycles. The van der Waals surface area contributed by atoms with Gasteiger partial charge in [0.1, 0.15) is 5.78 Å². The minimum absolute atomic E-state index is 0.0535. The molecular weight excluding hydrogens is 296 g/mol. The third-order valence-electron chi connectivity index (χ3n) is 3.71. The molecular formula is C13H16N2O5S. The molecule has 2 rings (SSSR count). The predicted molar refractivity (Wildman–Crippen MR) is 75.3 cm³/mol. The molecule has 0 aromatic heterocycles. The van der Waals surface area contributed by atoms with Crippen molar-refractivity contribution in [1.82, 2.24) is 4.31 Å². The zero-order valence-corrected chi connectivity index (χ0v) is 12.4. The van der Waals surface area contributed by atoms with Crippen molar-refractivity contribution in [2.45, 2.75) is 24.7 Å². The average molecular weight is 312 g/mol. The van der Waals surface area contributed by atoms with Gasteiger partial charge < -0.3 is 0 Å². The number of nitrogens with zero attached hydrogens (tertiary/aromatic N) is 2. The molecule has 21 heavy (non-hydrogen) atoms. The number of sulfonamides is 1. The van der Waals surface area contributed by atoms with Crippen LogP contribution in [0, 0.1) is 16.0 Å². The summed E-state index contributed by atoms with van der Waals surface area (Å²) in [5.74, 6) is -0.0695. The van der Waals surface area contributed by atoms with Crippen molar-refractivity contribution < 1.29 is 18.1 Å². The van der Waals surface area contributed by atoms with Crippen molar-refractivity contribution in [3.8, 4) is 0 Å². The van der Waals surface area contributed by atoms with Crippen LogP contribution in [0.4, 0.5) is 5.69 Å². The van der Waals surface area contributed by atoms with E-state index in [1.165, 1.54) is 35.5 Å². The van der Waals surface area contributed by atoms with Crippen LogP contribution in [-0.4, -0.2) is 36.5 Å². The lowest BCUT2D eigenvalue weighted by Gasteiger charge is -2.29. The third kappa shape index (κ3) is 3.11. The molecule has 1 aromatic rings. The van der Waals surface area contributed by atoms with Gasteiger partial charge in [0.15, 0.2) is 4.90 Å². The Morgan fingerprint density at radius 2 is 1.86 bits per heavy atom. The largest absolute Gasteiger partial charge is 0.300 e. The van der Waals surface area contributed by atoms with E-state index in [0.717, 1.165) is 0 Å².